The van der Waals surface area contributed by atoms with E-state index in [2.05, 4.69) is 0 Å². The van der Waals surface area contributed by atoms with Crippen molar-refractivity contribution in [2.45, 2.75) is 12.5 Å². The SMILES string of the molecule is COc1ccccc1N1CCOC(CCO)C1=O. The molecule has 0 bridgehead atoms. The van der Waals surface area contributed by atoms with Crippen molar-refractivity contribution in [3.05, 3.63) is 24.3 Å². The summed E-state index contributed by atoms with van der Waals surface area (Å²) >= 11 is 0. The predicted octanol–water partition coefficient (Wildman–Crippen LogP) is 0.809. The number of hydrogen-bond acceptors (Lipinski definition) is 4. The lowest BCUT2D eigenvalue weighted by Gasteiger charge is -2.32. The molecule has 1 saturated heterocycles. The number of morpholine rings is 1. The van der Waals surface area contributed by atoms with Crippen molar-refractivity contribution in [1.82, 2.24) is 0 Å². The van der Waals surface area contributed by atoms with E-state index < -0.39 is 6.10 Å². The Morgan fingerprint density at radius 1 is 1.50 bits per heavy atom. The molecule has 0 aromatic heterocycles. The molecule has 1 aromatic carbocycles. The molecule has 0 radical (unpaired) electrons. The molecular weight excluding hydrogens is 234 g/mol. The number of rotatable bonds is 4. The van der Waals surface area contributed by atoms with E-state index >= 15 is 0 Å². The zero-order valence-corrected chi connectivity index (χ0v) is 10.3. The molecule has 1 atom stereocenters. The number of aliphatic hydroxyl groups is 1. The number of para-hydroxylation sites is 2. The van der Waals surface area contributed by atoms with Gasteiger partial charge in [-0.25, -0.2) is 0 Å². The third-order valence-electron chi connectivity index (χ3n) is 2.94. The number of methoxy groups -OCH3 is 1. The summed E-state index contributed by atoms with van der Waals surface area (Å²) in [5, 5.41) is 8.92. The number of anilines is 1. The van der Waals surface area contributed by atoms with Crippen LogP contribution < -0.4 is 9.64 Å². The quantitative estimate of drug-likeness (QED) is 0.860. The number of hydrogen-bond donors (Lipinski definition) is 1. The highest BCUT2D eigenvalue weighted by Crippen LogP contribution is 2.29. The van der Waals surface area contributed by atoms with Gasteiger partial charge in [-0.1, -0.05) is 12.1 Å². The van der Waals surface area contributed by atoms with Gasteiger partial charge >= 0.3 is 0 Å². The Labute approximate surface area is 106 Å². The fourth-order valence-electron chi connectivity index (χ4n) is 2.06. The van der Waals surface area contributed by atoms with Crippen LogP contribution in [-0.4, -0.2) is 44.0 Å². The van der Waals surface area contributed by atoms with Gasteiger partial charge < -0.3 is 19.5 Å². The van der Waals surface area contributed by atoms with E-state index in [1.807, 2.05) is 24.3 Å². The van der Waals surface area contributed by atoms with Gasteiger partial charge in [-0.15, -0.1) is 0 Å². The van der Waals surface area contributed by atoms with Gasteiger partial charge in [0.15, 0.2) is 0 Å². The van der Waals surface area contributed by atoms with Crippen LogP contribution in [0.4, 0.5) is 5.69 Å². The highest BCUT2D eigenvalue weighted by molar-refractivity contribution is 5.98. The van der Waals surface area contributed by atoms with Gasteiger partial charge in [0.25, 0.3) is 5.91 Å². The summed E-state index contributed by atoms with van der Waals surface area (Å²) in [6, 6.07) is 7.39. The van der Waals surface area contributed by atoms with E-state index in [4.69, 9.17) is 14.6 Å². The van der Waals surface area contributed by atoms with E-state index in [9.17, 15) is 4.79 Å². The lowest BCUT2D eigenvalue weighted by Crippen LogP contribution is -2.48. The van der Waals surface area contributed by atoms with Crippen LogP contribution >= 0.6 is 0 Å². The van der Waals surface area contributed by atoms with Crippen molar-refractivity contribution in [1.29, 1.82) is 0 Å². The fourth-order valence-corrected chi connectivity index (χ4v) is 2.06. The van der Waals surface area contributed by atoms with Crippen molar-refractivity contribution in [2.75, 3.05) is 31.8 Å². The van der Waals surface area contributed by atoms with E-state index in [-0.39, 0.29) is 12.5 Å². The van der Waals surface area contributed by atoms with Gasteiger partial charge in [-0.05, 0) is 12.1 Å². The molecule has 18 heavy (non-hydrogen) atoms. The molecule has 0 aliphatic carbocycles. The highest BCUT2D eigenvalue weighted by atomic mass is 16.5. The first-order valence-electron chi connectivity index (χ1n) is 5.94. The second kappa shape index (κ2) is 5.84. The topological polar surface area (TPSA) is 59.0 Å². The third-order valence-corrected chi connectivity index (χ3v) is 2.94. The first-order chi connectivity index (χ1) is 8.77. The highest BCUT2D eigenvalue weighted by Gasteiger charge is 2.31. The molecule has 5 heteroatoms. The number of amides is 1. The summed E-state index contributed by atoms with van der Waals surface area (Å²) in [6.45, 7) is 0.908. The van der Waals surface area contributed by atoms with Gasteiger partial charge in [0.05, 0.1) is 19.4 Å². The van der Waals surface area contributed by atoms with E-state index in [0.717, 1.165) is 5.69 Å². The molecule has 2 rings (SSSR count). The molecule has 0 saturated carbocycles. The van der Waals surface area contributed by atoms with E-state index in [1.165, 1.54) is 0 Å². The van der Waals surface area contributed by atoms with Gasteiger partial charge in [-0.3, -0.25) is 4.79 Å². The molecule has 1 aliphatic heterocycles. The summed E-state index contributed by atoms with van der Waals surface area (Å²) in [6.07, 6.45) is -0.238. The minimum atomic E-state index is -0.561. The molecule has 1 heterocycles. The molecule has 5 nitrogen and oxygen atoms in total. The second-order valence-corrected chi connectivity index (χ2v) is 4.03. The lowest BCUT2D eigenvalue weighted by atomic mass is 10.1. The Balaban J connectivity index is 2.23. The molecule has 1 amide bonds. The first-order valence-corrected chi connectivity index (χ1v) is 5.94. The summed E-state index contributed by atoms with van der Waals surface area (Å²) in [5.74, 6) is 0.537. The predicted molar refractivity (Wildman–Crippen MR) is 66.8 cm³/mol. The van der Waals surface area contributed by atoms with Crippen LogP contribution in [0.1, 0.15) is 6.42 Å². The largest absolute Gasteiger partial charge is 0.495 e. The van der Waals surface area contributed by atoms with Crippen molar-refractivity contribution in [3.63, 3.8) is 0 Å². The number of carbonyl (C=O) groups excluding carboxylic acids is 1. The van der Waals surface area contributed by atoms with Crippen molar-refractivity contribution in [2.24, 2.45) is 0 Å². The molecule has 1 fully saturated rings. The normalized spacial score (nSPS) is 20.0. The number of carbonyl (C=O) groups is 1. The zero-order valence-electron chi connectivity index (χ0n) is 10.3. The van der Waals surface area contributed by atoms with Gasteiger partial charge in [-0.2, -0.15) is 0 Å². The molecule has 1 N–H and O–H groups in total. The Morgan fingerprint density at radius 2 is 2.28 bits per heavy atom. The second-order valence-electron chi connectivity index (χ2n) is 4.03. The first kappa shape index (κ1) is 12.9. The Bertz CT molecular complexity index is 419. The number of benzene rings is 1. The zero-order chi connectivity index (χ0) is 13.0. The van der Waals surface area contributed by atoms with Crippen LogP contribution in [-0.2, 0) is 9.53 Å². The monoisotopic (exact) mass is 251 g/mol. The molecule has 1 aliphatic rings. The maximum atomic E-state index is 12.2. The number of nitrogens with zero attached hydrogens (tertiary/aromatic N) is 1. The molecule has 98 valence electrons. The van der Waals surface area contributed by atoms with Crippen LogP contribution in [0.3, 0.4) is 0 Å². The Kier molecular flexibility index (Phi) is 4.17. The number of ether oxygens (including phenoxy) is 2. The molecule has 0 spiro atoms. The minimum Gasteiger partial charge on any atom is -0.495 e. The summed E-state index contributed by atoms with van der Waals surface area (Å²) in [5.41, 5.74) is 0.747. The maximum absolute atomic E-state index is 12.2. The standard InChI is InChI=1S/C13H17NO4/c1-17-11-5-3-2-4-10(11)14-7-9-18-12(6-8-15)13(14)16/h2-5,12,15H,6-9H2,1H3. The average molecular weight is 251 g/mol. The van der Waals surface area contributed by atoms with Gasteiger partial charge in [0, 0.05) is 19.6 Å². The van der Waals surface area contributed by atoms with E-state index in [0.29, 0.717) is 25.3 Å². The summed E-state index contributed by atoms with van der Waals surface area (Å²) in [7, 11) is 1.58. The maximum Gasteiger partial charge on any atom is 0.256 e. The smallest absolute Gasteiger partial charge is 0.256 e. The Hall–Kier alpha value is -1.59. The summed E-state index contributed by atoms with van der Waals surface area (Å²) < 4.78 is 10.6. The van der Waals surface area contributed by atoms with Crippen LogP contribution in [0.25, 0.3) is 0 Å². The molecule has 1 aromatic rings. The van der Waals surface area contributed by atoms with Crippen molar-refractivity contribution in [3.8, 4) is 5.75 Å². The average Bonchev–Trinajstić information content (AvgIpc) is 2.41. The van der Waals surface area contributed by atoms with Gasteiger partial charge in [0.2, 0.25) is 0 Å². The third kappa shape index (κ3) is 2.47. The van der Waals surface area contributed by atoms with Crippen LogP contribution in [0.15, 0.2) is 24.3 Å². The van der Waals surface area contributed by atoms with Crippen molar-refractivity contribution < 1.29 is 19.4 Å². The fraction of sp³-hybridized carbons (Fsp3) is 0.462. The molecule has 1 unspecified atom stereocenters. The Morgan fingerprint density at radius 3 is 3.00 bits per heavy atom. The van der Waals surface area contributed by atoms with Crippen LogP contribution in [0, 0.1) is 0 Å². The minimum absolute atomic E-state index is 0.0594. The lowest BCUT2D eigenvalue weighted by molar-refractivity contribution is -0.134. The molecular formula is C13H17NO4. The van der Waals surface area contributed by atoms with Gasteiger partial charge in [0.1, 0.15) is 11.9 Å². The summed E-state index contributed by atoms with van der Waals surface area (Å²) in [4.78, 5) is 13.9. The van der Waals surface area contributed by atoms with Crippen LogP contribution in [0.5, 0.6) is 5.75 Å². The van der Waals surface area contributed by atoms with E-state index in [1.54, 1.807) is 12.0 Å². The van der Waals surface area contributed by atoms with Crippen molar-refractivity contribution >= 4 is 11.6 Å². The van der Waals surface area contributed by atoms with Crippen LogP contribution in [0.2, 0.25) is 0 Å². The number of aliphatic hydroxyl groups excluding tert-OH is 1.